The van der Waals surface area contributed by atoms with Crippen LogP contribution < -0.4 is 16.0 Å². The highest BCUT2D eigenvalue weighted by atomic mass is 32.1. The maximum atomic E-state index is 5.87. The highest BCUT2D eigenvalue weighted by Gasteiger charge is 2.18. The van der Waals surface area contributed by atoms with Crippen LogP contribution in [0, 0.1) is 6.92 Å². The molecule has 0 spiro atoms. The summed E-state index contributed by atoms with van der Waals surface area (Å²) in [5.41, 5.74) is 3.96. The Morgan fingerprint density at radius 3 is 2.47 bits per heavy atom. The van der Waals surface area contributed by atoms with Gasteiger partial charge in [-0.25, -0.2) is 5.43 Å². The number of benzene rings is 1. The fourth-order valence-corrected chi connectivity index (χ4v) is 2.97. The summed E-state index contributed by atoms with van der Waals surface area (Å²) >= 11 is 1.74. The van der Waals surface area contributed by atoms with Crippen LogP contribution in [0.15, 0.2) is 36.4 Å². The molecule has 2 aromatic rings. The topological polar surface area (TPSA) is 47.3 Å². The summed E-state index contributed by atoms with van der Waals surface area (Å²) in [6.45, 7) is 6.15. The van der Waals surface area contributed by atoms with Crippen molar-refractivity contribution >= 4 is 11.3 Å². The van der Waals surface area contributed by atoms with Crippen molar-refractivity contribution < 1.29 is 4.74 Å². The van der Waals surface area contributed by atoms with Crippen LogP contribution in [0.3, 0.4) is 0 Å². The van der Waals surface area contributed by atoms with Gasteiger partial charge in [-0.3, -0.25) is 5.84 Å². The monoisotopic (exact) mass is 276 g/mol. The van der Waals surface area contributed by atoms with E-state index < -0.39 is 0 Å². The third kappa shape index (κ3) is 3.35. The predicted octanol–water partition coefficient (Wildman–Crippen LogP) is 3.40. The first-order valence-electron chi connectivity index (χ1n) is 6.40. The Kier molecular flexibility index (Phi) is 4.58. The lowest BCUT2D eigenvalue weighted by Crippen LogP contribution is -2.28. The number of thiophene rings is 1. The summed E-state index contributed by atoms with van der Waals surface area (Å²) in [4.78, 5) is 2.47. The molecule has 102 valence electrons. The van der Waals surface area contributed by atoms with Crippen LogP contribution in [0.1, 0.15) is 35.2 Å². The summed E-state index contributed by atoms with van der Waals surface area (Å²) in [5, 5.41) is 0. The van der Waals surface area contributed by atoms with Gasteiger partial charge in [0.1, 0.15) is 5.75 Å². The average molecular weight is 276 g/mol. The standard InChI is InChI=1S/C15H20N2OS/c1-10(2)18-13-7-5-4-6-12(13)15(17-16)14-9-8-11(3)19-14/h4-10,15,17H,16H2,1-3H3. The van der Waals surface area contributed by atoms with Crippen molar-refractivity contribution in [3.05, 3.63) is 51.7 Å². The molecule has 0 bridgehead atoms. The maximum absolute atomic E-state index is 5.87. The highest BCUT2D eigenvalue weighted by molar-refractivity contribution is 7.12. The smallest absolute Gasteiger partial charge is 0.124 e. The number of nitrogens with one attached hydrogen (secondary N) is 1. The minimum atomic E-state index is -0.0337. The van der Waals surface area contributed by atoms with Gasteiger partial charge in [0.15, 0.2) is 0 Å². The first-order chi connectivity index (χ1) is 9.11. The molecule has 0 aliphatic carbocycles. The zero-order valence-electron chi connectivity index (χ0n) is 11.5. The molecule has 0 saturated heterocycles. The number of aryl methyl sites for hydroxylation is 1. The maximum Gasteiger partial charge on any atom is 0.124 e. The second kappa shape index (κ2) is 6.19. The summed E-state index contributed by atoms with van der Waals surface area (Å²) in [5.74, 6) is 6.63. The highest BCUT2D eigenvalue weighted by Crippen LogP contribution is 2.33. The minimum Gasteiger partial charge on any atom is -0.491 e. The first kappa shape index (κ1) is 14.1. The van der Waals surface area contributed by atoms with Crippen molar-refractivity contribution in [1.82, 2.24) is 5.43 Å². The van der Waals surface area contributed by atoms with Gasteiger partial charge < -0.3 is 4.74 Å². The molecule has 0 amide bonds. The van der Waals surface area contributed by atoms with E-state index >= 15 is 0 Å². The van der Waals surface area contributed by atoms with E-state index in [1.165, 1.54) is 9.75 Å². The Balaban J connectivity index is 2.38. The third-order valence-electron chi connectivity index (χ3n) is 2.81. The van der Waals surface area contributed by atoms with Gasteiger partial charge in [0.05, 0.1) is 12.1 Å². The van der Waals surface area contributed by atoms with Crippen LogP contribution in [0.4, 0.5) is 0 Å². The predicted molar refractivity (Wildman–Crippen MR) is 80.4 cm³/mol. The Labute approximate surface area is 118 Å². The molecule has 3 nitrogen and oxygen atoms in total. The molecular weight excluding hydrogens is 256 g/mol. The van der Waals surface area contributed by atoms with Gasteiger partial charge in [-0.05, 0) is 39.0 Å². The lowest BCUT2D eigenvalue weighted by atomic mass is 10.0. The lowest BCUT2D eigenvalue weighted by Gasteiger charge is -2.20. The summed E-state index contributed by atoms with van der Waals surface area (Å²) in [6, 6.07) is 12.2. The van der Waals surface area contributed by atoms with Crippen molar-refractivity contribution in [2.24, 2.45) is 5.84 Å². The molecule has 19 heavy (non-hydrogen) atoms. The van der Waals surface area contributed by atoms with E-state index in [2.05, 4.69) is 30.5 Å². The Hall–Kier alpha value is -1.36. The van der Waals surface area contributed by atoms with E-state index in [9.17, 15) is 0 Å². The normalized spacial score (nSPS) is 12.7. The Morgan fingerprint density at radius 1 is 1.16 bits per heavy atom. The van der Waals surface area contributed by atoms with Gasteiger partial charge in [0.25, 0.3) is 0 Å². The van der Waals surface area contributed by atoms with Crippen LogP contribution in [-0.4, -0.2) is 6.10 Å². The van der Waals surface area contributed by atoms with Gasteiger partial charge in [-0.1, -0.05) is 18.2 Å². The van der Waals surface area contributed by atoms with E-state index in [-0.39, 0.29) is 12.1 Å². The largest absolute Gasteiger partial charge is 0.491 e. The SMILES string of the molecule is Cc1ccc(C(NN)c2ccccc2OC(C)C)s1. The van der Waals surface area contributed by atoms with Gasteiger partial charge >= 0.3 is 0 Å². The number of ether oxygens (including phenoxy) is 1. The average Bonchev–Trinajstić information content (AvgIpc) is 2.78. The second-order valence-corrected chi connectivity index (χ2v) is 6.07. The lowest BCUT2D eigenvalue weighted by molar-refractivity contribution is 0.238. The molecule has 1 aromatic heterocycles. The van der Waals surface area contributed by atoms with Gasteiger partial charge in [-0.15, -0.1) is 11.3 Å². The Bertz CT molecular complexity index is 536. The van der Waals surface area contributed by atoms with Crippen molar-refractivity contribution in [2.75, 3.05) is 0 Å². The molecule has 0 aliphatic heterocycles. The molecule has 0 fully saturated rings. The zero-order chi connectivity index (χ0) is 13.8. The number of nitrogens with two attached hydrogens (primary N) is 1. The quantitative estimate of drug-likeness (QED) is 0.650. The molecule has 4 heteroatoms. The molecule has 3 N–H and O–H groups in total. The van der Waals surface area contributed by atoms with E-state index in [0.29, 0.717) is 0 Å². The molecule has 0 radical (unpaired) electrons. The first-order valence-corrected chi connectivity index (χ1v) is 7.21. The van der Waals surface area contributed by atoms with E-state index in [4.69, 9.17) is 10.6 Å². The molecule has 1 aromatic carbocycles. The fraction of sp³-hybridized carbons (Fsp3) is 0.333. The summed E-state index contributed by atoms with van der Waals surface area (Å²) < 4.78 is 5.87. The van der Waals surface area contributed by atoms with Crippen molar-refractivity contribution in [3.8, 4) is 5.75 Å². The van der Waals surface area contributed by atoms with Gasteiger partial charge in [0, 0.05) is 15.3 Å². The molecule has 1 unspecified atom stereocenters. The number of hydrazine groups is 1. The van der Waals surface area contributed by atoms with Crippen molar-refractivity contribution in [3.63, 3.8) is 0 Å². The van der Waals surface area contributed by atoms with Crippen LogP contribution in [0.25, 0.3) is 0 Å². The number of hydrogen-bond acceptors (Lipinski definition) is 4. The zero-order valence-corrected chi connectivity index (χ0v) is 12.3. The summed E-state index contributed by atoms with van der Waals surface area (Å²) in [6.07, 6.45) is 0.143. The summed E-state index contributed by atoms with van der Waals surface area (Å²) in [7, 11) is 0. The second-order valence-electron chi connectivity index (χ2n) is 4.75. The van der Waals surface area contributed by atoms with Crippen LogP contribution >= 0.6 is 11.3 Å². The van der Waals surface area contributed by atoms with Crippen LogP contribution in [-0.2, 0) is 0 Å². The molecule has 0 saturated carbocycles. The molecular formula is C15H20N2OS. The fourth-order valence-electron chi connectivity index (χ4n) is 2.01. The van der Waals surface area contributed by atoms with Crippen LogP contribution in [0.5, 0.6) is 5.75 Å². The Morgan fingerprint density at radius 2 is 1.89 bits per heavy atom. The number of hydrogen-bond donors (Lipinski definition) is 2. The molecule has 2 rings (SSSR count). The molecule has 1 atom stereocenters. The van der Waals surface area contributed by atoms with Gasteiger partial charge in [-0.2, -0.15) is 0 Å². The third-order valence-corrected chi connectivity index (χ3v) is 3.87. The van der Waals surface area contributed by atoms with E-state index in [0.717, 1.165) is 11.3 Å². The van der Waals surface area contributed by atoms with Crippen LogP contribution in [0.2, 0.25) is 0 Å². The van der Waals surface area contributed by atoms with E-state index in [1.807, 2.05) is 32.0 Å². The molecule has 1 heterocycles. The molecule has 0 aliphatic rings. The van der Waals surface area contributed by atoms with Crippen molar-refractivity contribution in [1.29, 1.82) is 0 Å². The number of para-hydroxylation sites is 1. The minimum absolute atomic E-state index is 0.0337. The van der Waals surface area contributed by atoms with Crippen molar-refractivity contribution in [2.45, 2.75) is 32.9 Å². The number of rotatable bonds is 5. The van der Waals surface area contributed by atoms with E-state index in [1.54, 1.807) is 11.3 Å². The van der Waals surface area contributed by atoms with Gasteiger partial charge in [0.2, 0.25) is 0 Å².